The number of alkyl carbamates (subject to hydrolysis) is 1. The van der Waals surface area contributed by atoms with Crippen LogP contribution in [0.5, 0.6) is 0 Å². The maximum Gasteiger partial charge on any atom is 0.408 e. The zero-order chi connectivity index (χ0) is 16.2. The van der Waals surface area contributed by atoms with Crippen molar-refractivity contribution in [3.05, 3.63) is 35.4 Å². The molecule has 7 heteroatoms. The highest BCUT2D eigenvalue weighted by Crippen LogP contribution is 2.12. The fourth-order valence-electron chi connectivity index (χ4n) is 1.55. The minimum atomic E-state index is -1.30. The number of aliphatic carboxylic acids is 1. The predicted molar refractivity (Wildman–Crippen MR) is 70.9 cm³/mol. The van der Waals surface area contributed by atoms with Crippen LogP contribution in [0.1, 0.15) is 26.3 Å². The lowest BCUT2D eigenvalue weighted by Crippen LogP contribution is -2.44. The van der Waals surface area contributed by atoms with Gasteiger partial charge in [-0.05, 0) is 38.5 Å². The van der Waals surface area contributed by atoms with Crippen LogP contribution in [-0.4, -0.2) is 28.8 Å². The van der Waals surface area contributed by atoms with Crippen molar-refractivity contribution in [2.45, 2.75) is 38.8 Å². The Hall–Kier alpha value is -2.18. The van der Waals surface area contributed by atoms with Crippen molar-refractivity contribution in [3.8, 4) is 0 Å². The first-order chi connectivity index (χ1) is 9.58. The molecule has 0 aromatic heterocycles. The van der Waals surface area contributed by atoms with Gasteiger partial charge in [-0.25, -0.2) is 18.4 Å². The van der Waals surface area contributed by atoms with Gasteiger partial charge in [0.1, 0.15) is 11.6 Å². The average molecular weight is 301 g/mol. The molecule has 1 atom stereocenters. The Morgan fingerprint density at radius 3 is 2.38 bits per heavy atom. The molecule has 0 saturated carbocycles. The molecule has 0 radical (unpaired) electrons. The molecule has 0 heterocycles. The van der Waals surface area contributed by atoms with Crippen LogP contribution in [-0.2, 0) is 16.0 Å². The van der Waals surface area contributed by atoms with Crippen LogP contribution in [0.15, 0.2) is 18.2 Å². The first kappa shape index (κ1) is 16.9. The van der Waals surface area contributed by atoms with Crippen molar-refractivity contribution in [1.29, 1.82) is 0 Å². The number of hydrogen-bond acceptors (Lipinski definition) is 3. The van der Waals surface area contributed by atoms with E-state index in [0.717, 1.165) is 12.1 Å². The smallest absolute Gasteiger partial charge is 0.408 e. The van der Waals surface area contributed by atoms with E-state index in [4.69, 9.17) is 9.84 Å². The lowest BCUT2D eigenvalue weighted by atomic mass is 10.1. The molecule has 0 spiro atoms. The van der Waals surface area contributed by atoms with Gasteiger partial charge in [0, 0.05) is 6.42 Å². The Morgan fingerprint density at radius 1 is 1.29 bits per heavy atom. The van der Waals surface area contributed by atoms with E-state index in [2.05, 4.69) is 5.32 Å². The maximum atomic E-state index is 13.1. The summed E-state index contributed by atoms with van der Waals surface area (Å²) in [6.07, 6.45) is -1.08. The number of carboxylic acids is 1. The summed E-state index contributed by atoms with van der Waals surface area (Å²) in [6, 6.07) is 1.74. The topological polar surface area (TPSA) is 75.6 Å². The lowest BCUT2D eigenvalue weighted by molar-refractivity contribution is -0.139. The molecular formula is C14H17F2NO4. The second-order valence-corrected chi connectivity index (χ2v) is 5.49. The number of amides is 1. The molecule has 1 aromatic carbocycles. The van der Waals surface area contributed by atoms with E-state index in [1.54, 1.807) is 20.8 Å². The van der Waals surface area contributed by atoms with Gasteiger partial charge < -0.3 is 15.2 Å². The Morgan fingerprint density at radius 2 is 1.90 bits per heavy atom. The number of carboxylic acid groups (broad SMARTS) is 1. The van der Waals surface area contributed by atoms with Crippen molar-refractivity contribution in [3.63, 3.8) is 0 Å². The van der Waals surface area contributed by atoms with Gasteiger partial charge >= 0.3 is 12.1 Å². The second-order valence-electron chi connectivity index (χ2n) is 5.49. The summed E-state index contributed by atoms with van der Waals surface area (Å²) in [7, 11) is 0. The van der Waals surface area contributed by atoms with Crippen LogP contribution in [0.25, 0.3) is 0 Å². The highest BCUT2D eigenvalue weighted by molar-refractivity contribution is 5.80. The van der Waals surface area contributed by atoms with Crippen LogP contribution in [0.3, 0.4) is 0 Å². The normalized spacial score (nSPS) is 12.6. The fourth-order valence-corrected chi connectivity index (χ4v) is 1.55. The van der Waals surface area contributed by atoms with Crippen molar-refractivity contribution in [1.82, 2.24) is 5.32 Å². The molecule has 1 amide bonds. The number of hydrogen-bond donors (Lipinski definition) is 2. The van der Waals surface area contributed by atoms with E-state index in [1.807, 2.05) is 0 Å². The van der Waals surface area contributed by atoms with E-state index >= 15 is 0 Å². The molecule has 0 bridgehead atoms. The van der Waals surface area contributed by atoms with Crippen molar-refractivity contribution < 1.29 is 28.2 Å². The van der Waals surface area contributed by atoms with Crippen LogP contribution in [0.4, 0.5) is 13.6 Å². The third kappa shape index (κ3) is 5.76. The summed E-state index contributed by atoms with van der Waals surface area (Å²) in [4.78, 5) is 22.7. The van der Waals surface area contributed by atoms with Gasteiger partial charge in [-0.2, -0.15) is 0 Å². The molecule has 0 aliphatic carbocycles. The monoisotopic (exact) mass is 301 g/mol. The largest absolute Gasteiger partial charge is 0.480 e. The summed E-state index contributed by atoms with van der Waals surface area (Å²) < 4.78 is 30.8. The molecule has 0 aliphatic rings. The van der Waals surface area contributed by atoms with Crippen LogP contribution < -0.4 is 5.32 Å². The predicted octanol–water partition coefficient (Wildman–Crippen LogP) is 2.49. The quantitative estimate of drug-likeness (QED) is 0.896. The molecule has 2 N–H and O–H groups in total. The number of nitrogens with one attached hydrogen (secondary N) is 1. The van der Waals surface area contributed by atoms with Gasteiger partial charge in [0.2, 0.25) is 0 Å². The molecule has 0 fully saturated rings. The number of ether oxygens (including phenoxy) is 1. The molecular weight excluding hydrogens is 284 g/mol. The van der Waals surface area contributed by atoms with Crippen LogP contribution in [0, 0.1) is 11.6 Å². The van der Waals surface area contributed by atoms with E-state index in [1.165, 1.54) is 6.07 Å². The first-order valence-corrected chi connectivity index (χ1v) is 6.25. The van der Waals surface area contributed by atoms with Gasteiger partial charge in [0.25, 0.3) is 0 Å². The standard InChI is InChI=1S/C14H17F2NO4/c1-14(2,3)21-13(20)17-11(12(18)19)7-8-4-5-9(15)10(16)6-8/h4-6,11H,7H2,1-3H3,(H,17,20)(H,18,19). The zero-order valence-electron chi connectivity index (χ0n) is 11.9. The molecule has 0 saturated heterocycles. The van der Waals surface area contributed by atoms with Gasteiger partial charge in [-0.3, -0.25) is 0 Å². The summed E-state index contributed by atoms with van der Waals surface area (Å²) in [6.45, 7) is 4.91. The minimum Gasteiger partial charge on any atom is -0.480 e. The average Bonchev–Trinajstić information content (AvgIpc) is 2.30. The fraction of sp³-hybridized carbons (Fsp3) is 0.429. The highest BCUT2D eigenvalue weighted by atomic mass is 19.2. The molecule has 21 heavy (non-hydrogen) atoms. The van der Waals surface area contributed by atoms with E-state index in [0.29, 0.717) is 0 Å². The van der Waals surface area contributed by atoms with E-state index in [-0.39, 0.29) is 12.0 Å². The van der Waals surface area contributed by atoms with Crippen LogP contribution in [0.2, 0.25) is 0 Å². The van der Waals surface area contributed by atoms with Gasteiger partial charge in [0.15, 0.2) is 11.6 Å². The van der Waals surface area contributed by atoms with Crippen LogP contribution >= 0.6 is 0 Å². The SMILES string of the molecule is CC(C)(C)OC(=O)NC(Cc1ccc(F)c(F)c1)C(=O)O. The second kappa shape index (κ2) is 6.51. The zero-order valence-corrected chi connectivity index (χ0v) is 11.9. The highest BCUT2D eigenvalue weighted by Gasteiger charge is 2.24. The molecule has 0 aliphatic heterocycles. The Balaban J connectivity index is 2.76. The number of benzene rings is 1. The first-order valence-electron chi connectivity index (χ1n) is 6.25. The molecule has 1 rings (SSSR count). The number of halogens is 2. The summed E-state index contributed by atoms with van der Waals surface area (Å²) in [5.74, 6) is -3.40. The summed E-state index contributed by atoms with van der Waals surface area (Å²) in [5, 5.41) is 11.2. The number of carbonyl (C=O) groups excluding carboxylic acids is 1. The Kier molecular flexibility index (Phi) is 5.23. The third-order valence-corrected chi connectivity index (χ3v) is 2.41. The molecule has 1 unspecified atom stereocenters. The number of carbonyl (C=O) groups is 2. The van der Waals surface area contributed by atoms with Gasteiger partial charge in [0.05, 0.1) is 0 Å². The summed E-state index contributed by atoms with van der Waals surface area (Å²) >= 11 is 0. The maximum absolute atomic E-state index is 13.1. The van der Waals surface area contributed by atoms with E-state index in [9.17, 15) is 18.4 Å². The molecule has 1 aromatic rings. The lowest BCUT2D eigenvalue weighted by Gasteiger charge is -2.22. The molecule has 5 nitrogen and oxygen atoms in total. The van der Waals surface area contributed by atoms with Crippen molar-refractivity contribution >= 4 is 12.1 Å². The Bertz CT molecular complexity index is 540. The Labute approximate surface area is 120 Å². The van der Waals surface area contributed by atoms with Gasteiger partial charge in [-0.1, -0.05) is 6.07 Å². The van der Waals surface area contributed by atoms with Crippen molar-refractivity contribution in [2.24, 2.45) is 0 Å². The van der Waals surface area contributed by atoms with Crippen molar-refractivity contribution in [2.75, 3.05) is 0 Å². The summed E-state index contributed by atoms with van der Waals surface area (Å²) in [5.41, 5.74) is -0.521. The number of rotatable bonds is 4. The molecule has 116 valence electrons. The van der Waals surface area contributed by atoms with E-state index < -0.39 is 35.3 Å². The van der Waals surface area contributed by atoms with Gasteiger partial charge in [-0.15, -0.1) is 0 Å². The third-order valence-electron chi connectivity index (χ3n) is 2.41. The minimum absolute atomic E-state index is 0.189.